The van der Waals surface area contributed by atoms with Crippen LogP contribution >= 0.6 is 0 Å². The van der Waals surface area contributed by atoms with Crippen LogP contribution < -0.4 is 15.0 Å². The largest absolute Gasteiger partial charge is 0.454 e. The molecule has 0 spiro atoms. The molecule has 5 nitrogen and oxygen atoms in total. The number of carbonyl (C=O) groups excluding carboxylic acids is 2. The van der Waals surface area contributed by atoms with Crippen LogP contribution in [0.25, 0.3) is 0 Å². The van der Waals surface area contributed by atoms with E-state index in [1.165, 1.54) is 11.0 Å². The molecule has 1 heterocycles. The van der Waals surface area contributed by atoms with Crippen LogP contribution in [0.3, 0.4) is 0 Å². The van der Waals surface area contributed by atoms with Gasteiger partial charge in [-0.25, -0.2) is 0 Å². The molecule has 1 aliphatic rings. The van der Waals surface area contributed by atoms with E-state index in [1.54, 1.807) is 25.2 Å². The predicted octanol–water partition coefficient (Wildman–Crippen LogP) is 5.65. The van der Waals surface area contributed by atoms with Crippen molar-refractivity contribution in [1.29, 1.82) is 0 Å². The molecule has 158 valence electrons. The maximum atomic E-state index is 13.0. The Kier molecular flexibility index (Phi) is 4.93. The number of nitrogens with zero attached hydrogens (tertiary/aromatic N) is 1. The molecule has 8 heteroatoms. The van der Waals surface area contributed by atoms with Gasteiger partial charge in [-0.2, -0.15) is 13.2 Å². The number of halogens is 3. The summed E-state index contributed by atoms with van der Waals surface area (Å²) in [5.74, 6) is -0.0402. The standard InChI is InChI=1S/C23H17F3N2O3/c1-13-3-9-20-18(11-13)28(2)22(30)17-12-16(8-10-19(17)31-20)27-21(29)14-4-6-15(7-5-14)23(24,25)26/h3-12H,1-2H3,(H,27,29). The van der Waals surface area contributed by atoms with Gasteiger partial charge in [-0.15, -0.1) is 0 Å². The van der Waals surface area contributed by atoms with E-state index in [1.807, 2.05) is 19.1 Å². The highest BCUT2D eigenvalue weighted by atomic mass is 19.4. The van der Waals surface area contributed by atoms with Crippen LogP contribution in [0.5, 0.6) is 11.5 Å². The van der Waals surface area contributed by atoms with E-state index in [-0.39, 0.29) is 17.0 Å². The zero-order valence-electron chi connectivity index (χ0n) is 16.6. The maximum Gasteiger partial charge on any atom is 0.416 e. The molecule has 0 aliphatic carbocycles. The number of hydrogen-bond donors (Lipinski definition) is 1. The smallest absolute Gasteiger partial charge is 0.416 e. The van der Waals surface area contributed by atoms with Crippen LogP contribution in [0.2, 0.25) is 0 Å². The highest BCUT2D eigenvalue weighted by Crippen LogP contribution is 2.39. The van der Waals surface area contributed by atoms with Crippen LogP contribution in [0, 0.1) is 6.92 Å². The summed E-state index contributed by atoms with van der Waals surface area (Å²) in [6.07, 6.45) is -4.48. The van der Waals surface area contributed by atoms with Crippen molar-refractivity contribution in [2.75, 3.05) is 17.3 Å². The van der Waals surface area contributed by atoms with Gasteiger partial charge in [-0.05, 0) is 67.1 Å². The SMILES string of the molecule is Cc1ccc2c(c1)N(C)C(=O)c1cc(NC(=O)c3ccc(C(F)(F)F)cc3)ccc1O2. The second kappa shape index (κ2) is 7.46. The van der Waals surface area contributed by atoms with Gasteiger partial charge in [0.2, 0.25) is 0 Å². The van der Waals surface area contributed by atoms with E-state index in [9.17, 15) is 22.8 Å². The van der Waals surface area contributed by atoms with Crippen molar-refractivity contribution >= 4 is 23.2 Å². The van der Waals surface area contributed by atoms with Gasteiger partial charge >= 0.3 is 6.18 Å². The van der Waals surface area contributed by atoms with E-state index >= 15 is 0 Å². The Morgan fingerprint density at radius 2 is 1.65 bits per heavy atom. The molecule has 1 N–H and O–H groups in total. The van der Waals surface area contributed by atoms with Crippen LogP contribution in [0.1, 0.15) is 31.8 Å². The number of fused-ring (bicyclic) bond motifs is 2. The van der Waals surface area contributed by atoms with Crippen molar-refractivity contribution in [3.63, 3.8) is 0 Å². The molecule has 2 amide bonds. The highest BCUT2D eigenvalue weighted by Gasteiger charge is 2.30. The molecule has 0 aromatic heterocycles. The first-order chi connectivity index (χ1) is 14.6. The molecule has 0 saturated carbocycles. The van der Waals surface area contributed by atoms with Crippen LogP contribution in [-0.2, 0) is 6.18 Å². The van der Waals surface area contributed by atoms with E-state index in [0.717, 1.165) is 29.8 Å². The number of rotatable bonds is 2. The van der Waals surface area contributed by atoms with Gasteiger partial charge in [0, 0.05) is 18.3 Å². The first-order valence-electron chi connectivity index (χ1n) is 9.33. The zero-order chi connectivity index (χ0) is 22.3. The van der Waals surface area contributed by atoms with Gasteiger partial charge in [-0.1, -0.05) is 6.07 Å². The lowest BCUT2D eigenvalue weighted by Gasteiger charge is -2.16. The predicted molar refractivity (Wildman–Crippen MR) is 110 cm³/mol. The van der Waals surface area contributed by atoms with E-state index in [2.05, 4.69) is 5.32 Å². The lowest BCUT2D eigenvalue weighted by molar-refractivity contribution is -0.137. The average Bonchev–Trinajstić information content (AvgIpc) is 2.83. The van der Waals surface area contributed by atoms with E-state index in [4.69, 9.17) is 4.74 Å². The minimum absolute atomic E-state index is 0.0607. The summed E-state index contributed by atoms with van der Waals surface area (Å²) >= 11 is 0. The van der Waals surface area contributed by atoms with Crippen molar-refractivity contribution in [2.24, 2.45) is 0 Å². The minimum Gasteiger partial charge on any atom is -0.454 e. The zero-order valence-corrected chi connectivity index (χ0v) is 16.6. The summed E-state index contributed by atoms with van der Waals surface area (Å²) in [7, 11) is 1.63. The van der Waals surface area contributed by atoms with Crippen molar-refractivity contribution in [3.05, 3.63) is 82.9 Å². The number of ether oxygens (including phenoxy) is 1. The number of carbonyl (C=O) groups is 2. The fraction of sp³-hybridized carbons (Fsp3) is 0.130. The van der Waals surface area contributed by atoms with Gasteiger partial charge in [0.1, 0.15) is 5.75 Å². The summed E-state index contributed by atoms with van der Waals surface area (Å²) in [6, 6.07) is 14.0. The molecule has 0 atom stereocenters. The normalized spacial score (nSPS) is 13.1. The number of hydrogen-bond acceptors (Lipinski definition) is 3. The lowest BCUT2D eigenvalue weighted by atomic mass is 10.1. The minimum atomic E-state index is -4.48. The quantitative estimate of drug-likeness (QED) is 0.576. The fourth-order valence-corrected chi connectivity index (χ4v) is 3.26. The molecule has 0 unspecified atom stereocenters. The summed E-state index contributed by atoms with van der Waals surface area (Å²) in [6.45, 7) is 1.91. The molecule has 0 saturated heterocycles. The molecule has 3 aromatic carbocycles. The summed E-state index contributed by atoms with van der Waals surface area (Å²) in [5, 5.41) is 2.61. The number of alkyl halides is 3. The number of benzene rings is 3. The first-order valence-corrected chi connectivity index (χ1v) is 9.33. The number of nitrogens with one attached hydrogen (secondary N) is 1. The molecular weight excluding hydrogens is 409 g/mol. The molecule has 0 bridgehead atoms. The third kappa shape index (κ3) is 3.96. The Morgan fingerprint density at radius 1 is 0.968 bits per heavy atom. The second-order valence-corrected chi connectivity index (χ2v) is 7.18. The van der Waals surface area contributed by atoms with Crippen molar-refractivity contribution in [1.82, 2.24) is 0 Å². The number of aryl methyl sites for hydroxylation is 1. The summed E-state index contributed by atoms with van der Waals surface area (Å²) in [4.78, 5) is 26.9. The number of amides is 2. The fourth-order valence-electron chi connectivity index (χ4n) is 3.26. The third-order valence-corrected chi connectivity index (χ3v) is 4.94. The summed E-state index contributed by atoms with van der Waals surface area (Å²) in [5.41, 5.74) is 1.38. The number of anilines is 2. The van der Waals surface area contributed by atoms with Gasteiger partial charge in [0.05, 0.1) is 16.8 Å². The second-order valence-electron chi connectivity index (χ2n) is 7.18. The molecule has 0 fully saturated rings. The topological polar surface area (TPSA) is 58.6 Å². The van der Waals surface area contributed by atoms with Crippen LogP contribution in [0.15, 0.2) is 60.7 Å². The first kappa shape index (κ1) is 20.5. The van der Waals surface area contributed by atoms with Crippen molar-refractivity contribution < 1.29 is 27.5 Å². The average molecular weight is 426 g/mol. The van der Waals surface area contributed by atoms with Gasteiger partial charge in [0.15, 0.2) is 5.75 Å². The molecule has 31 heavy (non-hydrogen) atoms. The lowest BCUT2D eigenvalue weighted by Crippen LogP contribution is -2.25. The Hall–Kier alpha value is -3.81. The van der Waals surface area contributed by atoms with Crippen LogP contribution in [0.4, 0.5) is 24.5 Å². The Bertz CT molecular complexity index is 1190. The monoisotopic (exact) mass is 426 g/mol. The third-order valence-electron chi connectivity index (χ3n) is 4.94. The Labute approximate surface area is 176 Å². The molecule has 4 rings (SSSR count). The van der Waals surface area contributed by atoms with E-state index < -0.39 is 17.6 Å². The highest BCUT2D eigenvalue weighted by molar-refractivity contribution is 6.11. The molecule has 0 radical (unpaired) electrons. The molecule has 1 aliphatic heterocycles. The Morgan fingerprint density at radius 3 is 2.32 bits per heavy atom. The summed E-state index contributed by atoms with van der Waals surface area (Å²) < 4.78 is 44.0. The molecule has 3 aromatic rings. The van der Waals surface area contributed by atoms with E-state index in [0.29, 0.717) is 22.9 Å². The Balaban J connectivity index is 1.60. The van der Waals surface area contributed by atoms with Crippen molar-refractivity contribution in [3.8, 4) is 11.5 Å². The van der Waals surface area contributed by atoms with Gasteiger partial charge in [0.25, 0.3) is 11.8 Å². The van der Waals surface area contributed by atoms with Gasteiger partial charge < -0.3 is 15.0 Å². The molecular formula is C23H17F3N2O3. The maximum absolute atomic E-state index is 13.0. The van der Waals surface area contributed by atoms with Crippen molar-refractivity contribution in [2.45, 2.75) is 13.1 Å². The van der Waals surface area contributed by atoms with Crippen LogP contribution in [-0.4, -0.2) is 18.9 Å². The van der Waals surface area contributed by atoms with Gasteiger partial charge in [-0.3, -0.25) is 9.59 Å².